The molecule has 1 aromatic carbocycles. The summed E-state index contributed by atoms with van der Waals surface area (Å²) in [5, 5.41) is 3.20. The lowest BCUT2D eigenvalue weighted by atomic mass is 9.72. The maximum absolute atomic E-state index is 12.6. The molecule has 2 aliphatic rings. The van der Waals surface area contributed by atoms with Gasteiger partial charge in [0.15, 0.2) is 5.82 Å². The molecule has 0 bridgehead atoms. The van der Waals surface area contributed by atoms with E-state index in [0.29, 0.717) is 5.82 Å². The Morgan fingerprint density at radius 2 is 1.97 bits per heavy atom. The third-order valence-electron chi connectivity index (χ3n) is 6.19. The first-order valence-corrected chi connectivity index (χ1v) is 10.6. The van der Waals surface area contributed by atoms with Crippen molar-refractivity contribution in [3.63, 3.8) is 0 Å². The number of hydrogen-bond acceptors (Lipinski definition) is 6. The summed E-state index contributed by atoms with van der Waals surface area (Å²) in [6, 6.07) is 8.37. The number of ether oxygens (including phenoxy) is 1. The Balaban J connectivity index is 1.56. The first-order valence-electron chi connectivity index (χ1n) is 10.6. The molecule has 1 atom stereocenters. The van der Waals surface area contributed by atoms with Gasteiger partial charge in [-0.2, -0.15) is 0 Å². The minimum Gasteiger partial charge on any atom is -0.444 e. The third-order valence-corrected chi connectivity index (χ3v) is 6.19. The Kier molecular flexibility index (Phi) is 5.08. The van der Waals surface area contributed by atoms with Gasteiger partial charge in [-0.25, -0.2) is 9.78 Å². The first kappa shape index (κ1) is 20.4. The number of amides is 1. The summed E-state index contributed by atoms with van der Waals surface area (Å²) < 4.78 is 5.58. The predicted octanol–water partition coefficient (Wildman–Crippen LogP) is 3.78. The molecule has 0 radical (unpaired) electrons. The second-order valence-corrected chi connectivity index (χ2v) is 9.51. The Hall–Kier alpha value is -2.83. The van der Waals surface area contributed by atoms with Gasteiger partial charge in [0, 0.05) is 18.5 Å². The third kappa shape index (κ3) is 3.93. The highest BCUT2D eigenvalue weighted by atomic mass is 16.6. The Bertz CT molecular complexity index is 945. The van der Waals surface area contributed by atoms with E-state index in [-0.39, 0.29) is 17.6 Å². The Morgan fingerprint density at radius 3 is 2.67 bits per heavy atom. The van der Waals surface area contributed by atoms with Crippen LogP contribution in [0.15, 0.2) is 30.5 Å². The summed E-state index contributed by atoms with van der Waals surface area (Å²) in [7, 11) is 0. The topological polar surface area (TPSA) is 93.4 Å². The van der Waals surface area contributed by atoms with Crippen LogP contribution in [0.25, 0.3) is 0 Å². The number of piperidine rings is 1. The zero-order valence-corrected chi connectivity index (χ0v) is 18.2. The highest BCUT2D eigenvalue weighted by Crippen LogP contribution is 2.52. The number of fused-ring (bicyclic) bond motifs is 1. The van der Waals surface area contributed by atoms with Gasteiger partial charge in [0.25, 0.3) is 0 Å². The maximum atomic E-state index is 12.6. The predicted molar refractivity (Wildman–Crippen MR) is 117 cm³/mol. The summed E-state index contributed by atoms with van der Waals surface area (Å²) in [5.41, 5.74) is 8.72. The lowest BCUT2D eigenvalue weighted by Gasteiger charge is -2.44. The number of alkyl carbamates (subject to hydrolysis) is 1. The highest BCUT2D eigenvalue weighted by Gasteiger charge is 2.48. The van der Waals surface area contributed by atoms with E-state index in [1.165, 1.54) is 11.1 Å². The minimum atomic E-state index is -0.526. The lowest BCUT2D eigenvalue weighted by Crippen LogP contribution is -2.48. The number of carbonyl (C=O) groups excluding carboxylic acids is 1. The summed E-state index contributed by atoms with van der Waals surface area (Å²) in [6.07, 6.45) is 4.08. The fraction of sp³-hybridized carbons (Fsp3) is 0.522. The van der Waals surface area contributed by atoms with Crippen LogP contribution in [0.4, 0.5) is 16.4 Å². The Labute approximate surface area is 178 Å². The molecule has 0 saturated carbocycles. The molecule has 1 aromatic heterocycles. The van der Waals surface area contributed by atoms with Gasteiger partial charge in [0.1, 0.15) is 11.4 Å². The molecule has 1 amide bonds. The van der Waals surface area contributed by atoms with Crippen LogP contribution in [0.2, 0.25) is 0 Å². The lowest BCUT2D eigenvalue weighted by molar-refractivity contribution is 0.0428. The number of nitrogens with zero attached hydrogens (tertiary/aromatic N) is 3. The number of carbonyl (C=O) groups is 1. The first-order chi connectivity index (χ1) is 14.2. The second kappa shape index (κ2) is 7.45. The molecule has 1 saturated heterocycles. The second-order valence-electron chi connectivity index (χ2n) is 9.51. The van der Waals surface area contributed by atoms with Crippen LogP contribution in [0.3, 0.4) is 0 Å². The van der Waals surface area contributed by atoms with E-state index in [2.05, 4.69) is 38.4 Å². The number of rotatable bonds is 2. The van der Waals surface area contributed by atoms with Crippen molar-refractivity contribution in [2.75, 3.05) is 23.7 Å². The molecule has 160 valence electrons. The molecule has 1 spiro atoms. The van der Waals surface area contributed by atoms with Gasteiger partial charge in [0.2, 0.25) is 0 Å². The molecule has 4 rings (SSSR count). The molecular formula is C23H31N5O2. The number of aromatic nitrogens is 2. The van der Waals surface area contributed by atoms with E-state index in [9.17, 15) is 4.79 Å². The van der Waals surface area contributed by atoms with Crippen LogP contribution >= 0.6 is 0 Å². The van der Waals surface area contributed by atoms with E-state index in [4.69, 9.17) is 10.5 Å². The van der Waals surface area contributed by atoms with Crippen molar-refractivity contribution in [3.8, 4) is 0 Å². The zero-order chi connectivity index (χ0) is 21.5. The number of aryl methyl sites for hydroxylation is 1. The normalized spacial score (nSPS) is 20.1. The summed E-state index contributed by atoms with van der Waals surface area (Å²) >= 11 is 0. The summed E-state index contributed by atoms with van der Waals surface area (Å²) in [5.74, 6) is 1.30. The number of benzene rings is 1. The van der Waals surface area contributed by atoms with Gasteiger partial charge in [-0.3, -0.25) is 4.98 Å². The molecule has 7 nitrogen and oxygen atoms in total. The number of hydrogen-bond donors (Lipinski definition) is 2. The van der Waals surface area contributed by atoms with Crippen molar-refractivity contribution < 1.29 is 9.53 Å². The van der Waals surface area contributed by atoms with Crippen LogP contribution in [0.5, 0.6) is 0 Å². The van der Waals surface area contributed by atoms with Crippen molar-refractivity contribution in [2.45, 2.75) is 58.6 Å². The number of nitrogens with two attached hydrogens (primary N) is 1. The van der Waals surface area contributed by atoms with Gasteiger partial charge in [-0.15, -0.1) is 0 Å². The molecule has 1 aliphatic carbocycles. The largest absolute Gasteiger partial charge is 0.444 e. The number of nitrogens with one attached hydrogen (secondary N) is 1. The monoisotopic (exact) mass is 409 g/mol. The van der Waals surface area contributed by atoms with E-state index in [1.54, 1.807) is 6.20 Å². The summed E-state index contributed by atoms with van der Waals surface area (Å²) in [6.45, 7) is 9.32. The standard InChI is InChI=1S/C23H31N5O2/c1-15-20(26-18(24)14-25-15)28-11-9-23(10-12-28)13-16-7-5-6-8-17(16)19(23)27-21(29)30-22(2,3)4/h5-8,14,19H,9-13H2,1-4H3,(H2,24,26)(H,27,29)/t19-/m1/s1. The van der Waals surface area contributed by atoms with Gasteiger partial charge >= 0.3 is 6.09 Å². The molecular weight excluding hydrogens is 378 g/mol. The van der Waals surface area contributed by atoms with Crippen LogP contribution in [0, 0.1) is 12.3 Å². The molecule has 2 aromatic rings. The molecule has 3 N–H and O–H groups in total. The van der Waals surface area contributed by atoms with Crippen molar-refractivity contribution in [1.29, 1.82) is 0 Å². The summed E-state index contributed by atoms with van der Waals surface area (Å²) in [4.78, 5) is 23.8. The molecule has 30 heavy (non-hydrogen) atoms. The van der Waals surface area contributed by atoms with Gasteiger partial charge in [-0.1, -0.05) is 24.3 Å². The van der Waals surface area contributed by atoms with Crippen molar-refractivity contribution in [1.82, 2.24) is 15.3 Å². The van der Waals surface area contributed by atoms with Crippen molar-refractivity contribution >= 4 is 17.7 Å². The molecule has 1 fully saturated rings. The van der Waals surface area contributed by atoms with Crippen molar-refractivity contribution in [3.05, 3.63) is 47.3 Å². The van der Waals surface area contributed by atoms with Gasteiger partial charge < -0.3 is 20.7 Å². The van der Waals surface area contributed by atoms with E-state index < -0.39 is 5.60 Å². The average molecular weight is 410 g/mol. The Morgan fingerprint density at radius 1 is 1.27 bits per heavy atom. The molecule has 7 heteroatoms. The van der Waals surface area contributed by atoms with E-state index >= 15 is 0 Å². The van der Waals surface area contributed by atoms with Crippen LogP contribution in [0.1, 0.15) is 56.5 Å². The molecule has 1 aliphatic heterocycles. The SMILES string of the molecule is Cc1ncc(N)nc1N1CCC2(CC1)Cc1ccccc1[C@H]2NC(=O)OC(C)(C)C. The fourth-order valence-electron chi connectivity index (χ4n) is 4.83. The van der Waals surface area contributed by atoms with E-state index in [1.807, 2.05) is 33.8 Å². The van der Waals surface area contributed by atoms with E-state index in [0.717, 1.165) is 43.9 Å². The number of nitrogen functional groups attached to an aromatic ring is 1. The van der Waals surface area contributed by atoms with Crippen LogP contribution < -0.4 is 16.0 Å². The fourth-order valence-corrected chi connectivity index (χ4v) is 4.83. The minimum absolute atomic E-state index is 0.0290. The smallest absolute Gasteiger partial charge is 0.408 e. The van der Waals surface area contributed by atoms with Crippen LogP contribution in [-0.2, 0) is 11.2 Å². The van der Waals surface area contributed by atoms with Crippen molar-refractivity contribution in [2.24, 2.45) is 5.41 Å². The molecule has 0 unspecified atom stereocenters. The van der Waals surface area contributed by atoms with Gasteiger partial charge in [-0.05, 0) is 58.1 Å². The maximum Gasteiger partial charge on any atom is 0.408 e. The van der Waals surface area contributed by atoms with Gasteiger partial charge in [0.05, 0.1) is 17.9 Å². The van der Waals surface area contributed by atoms with Crippen LogP contribution in [-0.4, -0.2) is 34.8 Å². The average Bonchev–Trinajstić information content (AvgIpc) is 2.96. The quantitative estimate of drug-likeness (QED) is 0.784. The zero-order valence-electron chi connectivity index (χ0n) is 18.2. The highest BCUT2D eigenvalue weighted by molar-refractivity contribution is 5.69. The molecule has 2 heterocycles. The number of anilines is 2.